The zero-order chi connectivity index (χ0) is 14.7. The van der Waals surface area contributed by atoms with Crippen molar-refractivity contribution in [3.63, 3.8) is 0 Å². The number of hydrogen-bond donors (Lipinski definition) is 0. The molecule has 0 aromatic heterocycles. The molecule has 2 fully saturated rings. The Labute approximate surface area is 127 Å². The van der Waals surface area contributed by atoms with Gasteiger partial charge in [-0.05, 0) is 37.0 Å². The molecule has 0 aliphatic heterocycles. The topological polar surface area (TPSA) is 26.3 Å². The van der Waals surface area contributed by atoms with Gasteiger partial charge in [-0.3, -0.25) is 4.79 Å². The van der Waals surface area contributed by atoms with Crippen LogP contribution < -0.4 is 4.74 Å². The lowest BCUT2D eigenvalue weighted by Crippen LogP contribution is -2.56. The summed E-state index contributed by atoms with van der Waals surface area (Å²) in [5.74, 6) is 1.37. The number of benzene rings is 1. The van der Waals surface area contributed by atoms with Gasteiger partial charge in [-0.15, -0.1) is 0 Å². The van der Waals surface area contributed by atoms with Crippen molar-refractivity contribution in [2.24, 2.45) is 5.41 Å². The van der Waals surface area contributed by atoms with Crippen molar-refractivity contribution in [2.75, 3.05) is 0 Å². The fourth-order valence-corrected chi connectivity index (χ4v) is 3.92. The SMILES string of the molecule is CCCc1ccc(OC2CC(=O)C23CCCCCC3)cc1. The monoisotopic (exact) mass is 286 g/mol. The number of Topliss-reactive ketones (excluding diaryl/α,β-unsaturated/α-hetero) is 1. The van der Waals surface area contributed by atoms with E-state index in [1.807, 2.05) is 0 Å². The quantitative estimate of drug-likeness (QED) is 0.802. The van der Waals surface area contributed by atoms with E-state index in [-0.39, 0.29) is 11.5 Å². The van der Waals surface area contributed by atoms with E-state index in [0.29, 0.717) is 12.2 Å². The molecule has 1 aromatic rings. The van der Waals surface area contributed by atoms with Crippen LogP contribution in [0.4, 0.5) is 0 Å². The van der Waals surface area contributed by atoms with Crippen LogP contribution in [0.3, 0.4) is 0 Å². The first-order valence-electron chi connectivity index (χ1n) is 8.53. The maximum absolute atomic E-state index is 12.2. The lowest BCUT2D eigenvalue weighted by Gasteiger charge is -2.47. The second-order valence-corrected chi connectivity index (χ2v) is 6.70. The minimum absolute atomic E-state index is 0.111. The smallest absolute Gasteiger partial charge is 0.146 e. The van der Waals surface area contributed by atoms with E-state index >= 15 is 0 Å². The van der Waals surface area contributed by atoms with Gasteiger partial charge in [-0.2, -0.15) is 0 Å². The van der Waals surface area contributed by atoms with Crippen LogP contribution in [0.25, 0.3) is 0 Å². The highest BCUT2D eigenvalue weighted by Crippen LogP contribution is 2.49. The Bertz CT molecular complexity index is 481. The van der Waals surface area contributed by atoms with Gasteiger partial charge in [0.2, 0.25) is 0 Å². The lowest BCUT2D eigenvalue weighted by molar-refractivity contribution is -0.154. The van der Waals surface area contributed by atoms with E-state index in [1.165, 1.54) is 37.7 Å². The second-order valence-electron chi connectivity index (χ2n) is 6.70. The lowest BCUT2D eigenvalue weighted by atomic mass is 9.60. The summed E-state index contributed by atoms with van der Waals surface area (Å²) in [5, 5.41) is 0. The van der Waals surface area contributed by atoms with Crippen LogP contribution in [-0.4, -0.2) is 11.9 Å². The largest absolute Gasteiger partial charge is 0.489 e. The molecule has 114 valence electrons. The molecule has 2 heteroatoms. The maximum atomic E-state index is 12.2. The summed E-state index contributed by atoms with van der Waals surface area (Å²) in [4.78, 5) is 12.2. The fraction of sp³-hybridized carbons (Fsp3) is 0.632. The highest BCUT2D eigenvalue weighted by molar-refractivity contribution is 5.92. The highest BCUT2D eigenvalue weighted by Gasteiger charge is 2.55. The summed E-state index contributed by atoms with van der Waals surface area (Å²) < 4.78 is 6.18. The fourth-order valence-electron chi connectivity index (χ4n) is 3.92. The molecular weight excluding hydrogens is 260 g/mol. The summed E-state index contributed by atoms with van der Waals surface area (Å²) in [5.41, 5.74) is 1.21. The van der Waals surface area contributed by atoms with Crippen molar-refractivity contribution in [3.8, 4) is 5.75 Å². The predicted molar refractivity (Wildman–Crippen MR) is 84.6 cm³/mol. The van der Waals surface area contributed by atoms with E-state index in [0.717, 1.165) is 25.0 Å². The zero-order valence-electron chi connectivity index (χ0n) is 13.1. The molecule has 21 heavy (non-hydrogen) atoms. The van der Waals surface area contributed by atoms with Gasteiger partial charge >= 0.3 is 0 Å². The Morgan fingerprint density at radius 1 is 1.10 bits per heavy atom. The van der Waals surface area contributed by atoms with E-state index in [4.69, 9.17) is 4.74 Å². The third-order valence-electron chi connectivity index (χ3n) is 5.28. The van der Waals surface area contributed by atoms with Crippen molar-refractivity contribution in [2.45, 2.75) is 70.8 Å². The highest BCUT2D eigenvalue weighted by atomic mass is 16.5. The Hall–Kier alpha value is -1.31. The maximum Gasteiger partial charge on any atom is 0.146 e. The van der Waals surface area contributed by atoms with Gasteiger partial charge in [0.05, 0.1) is 5.41 Å². The average molecular weight is 286 g/mol. The first-order valence-corrected chi connectivity index (χ1v) is 8.53. The summed E-state index contributed by atoms with van der Waals surface area (Å²) in [6.07, 6.45) is 9.97. The van der Waals surface area contributed by atoms with E-state index in [1.54, 1.807) is 0 Å². The van der Waals surface area contributed by atoms with Gasteiger partial charge in [0.25, 0.3) is 0 Å². The zero-order valence-corrected chi connectivity index (χ0v) is 13.1. The summed E-state index contributed by atoms with van der Waals surface area (Å²) >= 11 is 0. The molecule has 2 nitrogen and oxygen atoms in total. The number of carbonyl (C=O) groups excluding carboxylic acids is 1. The standard InChI is InChI=1S/C19H26O2/c1-2-7-15-8-10-16(11-9-15)21-18-14-17(20)19(18)12-5-3-4-6-13-19/h8-11,18H,2-7,12-14H2,1H3. The normalized spacial score (nSPS) is 24.4. The summed E-state index contributed by atoms with van der Waals surface area (Å²) in [6.45, 7) is 2.19. The molecule has 1 atom stereocenters. The molecule has 2 aliphatic rings. The molecule has 1 aromatic carbocycles. The second kappa shape index (κ2) is 6.21. The first kappa shape index (κ1) is 14.6. The van der Waals surface area contributed by atoms with E-state index in [2.05, 4.69) is 31.2 Å². The van der Waals surface area contributed by atoms with Gasteiger partial charge in [0.15, 0.2) is 0 Å². The third kappa shape index (κ3) is 2.86. The molecule has 0 amide bonds. The minimum atomic E-state index is -0.154. The van der Waals surface area contributed by atoms with Gasteiger partial charge in [-0.1, -0.05) is 51.2 Å². The molecule has 1 unspecified atom stereocenters. The van der Waals surface area contributed by atoms with Crippen LogP contribution in [0.15, 0.2) is 24.3 Å². The minimum Gasteiger partial charge on any atom is -0.489 e. The molecule has 2 saturated carbocycles. The Balaban J connectivity index is 1.68. The molecule has 0 N–H and O–H groups in total. The van der Waals surface area contributed by atoms with Crippen LogP contribution in [0.2, 0.25) is 0 Å². The Morgan fingerprint density at radius 2 is 1.76 bits per heavy atom. The van der Waals surface area contributed by atoms with E-state index < -0.39 is 0 Å². The summed E-state index contributed by atoms with van der Waals surface area (Å²) in [7, 11) is 0. The molecular formula is C19H26O2. The number of ether oxygens (including phenoxy) is 1. The van der Waals surface area contributed by atoms with Crippen molar-refractivity contribution < 1.29 is 9.53 Å². The molecule has 0 bridgehead atoms. The van der Waals surface area contributed by atoms with Crippen molar-refractivity contribution >= 4 is 5.78 Å². The number of carbonyl (C=O) groups is 1. The van der Waals surface area contributed by atoms with Gasteiger partial charge in [-0.25, -0.2) is 0 Å². The average Bonchev–Trinajstić information content (AvgIpc) is 2.77. The molecule has 2 aliphatic carbocycles. The van der Waals surface area contributed by atoms with Gasteiger partial charge < -0.3 is 4.74 Å². The Kier molecular flexibility index (Phi) is 4.32. The van der Waals surface area contributed by atoms with Crippen molar-refractivity contribution in [3.05, 3.63) is 29.8 Å². The van der Waals surface area contributed by atoms with Crippen LogP contribution in [-0.2, 0) is 11.2 Å². The van der Waals surface area contributed by atoms with Gasteiger partial charge in [0.1, 0.15) is 17.6 Å². The number of ketones is 1. The van der Waals surface area contributed by atoms with Crippen LogP contribution in [0.5, 0.6) is 5.75 Å². The van der Waals surface area contributed by atoms with Crippen molar-refractivity contribution in [1.29, 1.82) is 0 Å². The van der Waals surface area contributed by atoms with Gasteiger partial charge in [0, 0.05) is 6.42 Å². The predicted octanol–water partition coefficient (Wildman–Crippen LogP) is 4.70. The molecule has 1 spiro atoms. The van der Waals surface area contributed by atoms with Crippen LogP contribution >= 0.6 is 0 Å². The summed E-state index contributed by atoms with van der Waals surface area (Å²) in [6, 6.07) is 8.44. The van der Waals surface area contributed by atoms with Crippen LogP contribution in [0.1, 0.15) is 63.9 Å². The molecule has 0 radical (unpaired) electrons. The Morgan fingerprint density at radius 3 is 2.33 bits per heavy atom. The number of aryl methyl sites for hydroxylation is 1. The first-order chi connectivity index (χ1) is 10.2. The van der Waals surface area contributed by atoms with Crippen molar-refractivity contribution in [1.82, 2.24) is 0 Å². The number of hydrogen-bond acceptors (Lipinski definition) is 2. The molecule has 3 rings (SSSR count). The van der Waals surface area contributed by atoms with E-state index in [9.17, 15) is 4.79 Å². The van der Waals surface area contributed by atoms with Crippen LogP contribution in [0, 0.1) is 5.41 Å². The molecule has 0 heterocycles. The molecule has 0 saturated heterocycles. The number of rotatable bonds is 4. The third-order valence-corrected chi connectivity index (χ3v) is 5.28.